The topological polar surface area (TPSA) is 85.9 Å². The SMILES string of the molecule is CCOc1cc(NC(=O)C2=Cc3ccccc3OC2)c(OCC)cc1NC(=O)CC. The van der Waals surface area contributed by atoms with Crippen LogP contribution in [0.2, 0.25) is 0 Å². The van der Waals surface area contributed by atoms with Crippen LogP contribution in [-0.4, -0.2) is 31.6 Å². The lowest BCUT2D eigenvalue weighted by atomic mass is 10.1. The van der Waals surface area contributed by atoms with Gasteiger partial charge < -0.3 is 24.8 Å². The molecule has 7 heteroatoms. The van der Waals surface area contributed by atoms with Gasteiger partial charge in [0.25, 0.3) is 5.91 Å². The molecule has 0 spiro atoms. The number of benzene rings is 2. The Labute approximate surface area is 176 Å². The lowest BCUT2D eigenvalue weighted by molar-refractivity contribution is -0.116. The molecule has 0 saturated heterocycles. The van der Waals surface area contributed by atoms with Gasteiger partial charge in [0.15, 0.2) is 0 Å². The Morgan fingerprint density at radius 1 is 0.967 bits per heavy atom. The van der Waals surface area contributed by atoms with E-state index in [1.54, 1.807) is 19.1 Å². The van der Waals surface area contributed by atoms with Crippen LogP contribution in [0, 0.1) is 0 Å². The van der Waals surface area contributed by atoms with E-state index in [0.717, 1.165) is 11.3 Å². The predicted molar refractivity (Wildman–Crippen MR) is 116 cm³/mol. The molecule has 158 valence electrons. The molecule has 7 nitrogen and oxygen atoms in total. The quantitative estimate of drug-likeness (QED) is 0.680. The first kappa shape index (κ1) is 21.2. The fraction of sp³-hybridized carbons (Fsp3) is 0.304. The average molecular weight is 410 g/mol. The van der Waals surface area contributed by atoms with Crippen LogP contribution in [0.5, 0.6) is 17.2 Å². The number of fused-ring (bicyclic) bond motifs is 1. The second-order valence-electron chi connectivity index (χ2n) is 6.56. The summed E-state index contributed by atoms with van der Waals surface area (Å²) in [6.45, 7) is 6.45. The van der Waals surface area contributed by atoms with Gasteiger partial charge in [0, 0.05) is 24.1 Å². The minimum atomic E-state index is -0.293. The van der Waals surface area contributed by atoms with Gasteiger partial charge in [-0.05, 0) is 26.0 Å². The lowest BCUT2D eigenvalue weighted by Crippen LogP contribution is -2.22. The number of hydrogen-bond donors (Lipinski definition) is 2. The third-order valence-electron chi connectivity index (χ3n) is 4.45. The van der Waals surface area contributed by atoms with Crippen molar-refractivity contribution >= 4 is 29.3 Å². The third kappa shape index (κ3) is 4.92. The Balaban J connectivity index is 1.90. The van der Waals surface area contributed by atoms with Crippen LogP contribution in [0.25, 0.3) is 6.08 Å². The second-order valence-corrected chi connectivity index (χ2v) is 6.56. The van der Waals surface area contributed by atoms with Crippen LogP contribution in [0.4, 0.5) is 11.4 Å². The van der Waals surface area contributed by atoms with Gasteiger partial charge in [0.05, 0.1) is 30.2 Å². The third-order valence-corrected chi connectivity index (χ3v) is 4.45. The van der Waals surface area contributed by atoms with Crippen LogP contribution in [0.3, 0.4) is 0 Å². The molecule has 2 N–H and O–H groups in total. The number of para-hydroxylation sites is 1. The number of hydrogen-bond acceptors (Lipinski definition) is 5. The van der Waals surface area contributed by atoms with Gasteiger partial charge in [-0.3, -0.25) is 9.59 Å². The molecule has 0 saturated carbocycles. The number of carbonyl (C=O) groups excluding carboxylic acids is 2. The fourth-order valence-electron chi connectivity index (χ4n) is 2.99. The smallest absolute Gasteiger partial charge is 0.255 e. The molecular weight excluding hydrogens is 384 g/mol. The number of amides is 2. The standard InChI is InChI=1S/C23H26N2O5/c1-4-22(26)24-17-12-21(29-6-3)18(13-20(17)28-5-2)25-23(27)16-11-15-9-7-8-10-19(15)30-14-16/h7-13H,4-6,14H2,1-3H3,(H,24,26)(H,25,27). The number of nitrogens with one attached hydrogen (secondary N) is 2. The maximum atomic E-state index is 12.9. The zero-order valence-electron chi connectivity index (χ0n) is 17.4. The minimum absolute atomic E-state index is 0.140. The maximum Gasteiger partial charge on any atom is 0.255 e. The van der Waals surface area contributed by atoms with Gasteiger partial charge in [-0.1, -0.05) is 25.1 Å². The summed E-state index contributed by atoms with van der Waals surface area (Å²) in [7, 11) is 0. The molecule has 0 aliphatic carbocycles. The summed E-state index contributed by atoms with van der Waals surface area (Å²) in [5, 5.41) is 5.69. The molecule has 0 unspecified atom stereocenters. The Morgan fingerprint density at radius 3 is 2.23 bits per heavy atom. The first-order chi connectivity index (χ1) is 14.5. The second kappa shape index (κ2) is 9.82. The summed E-state index contributed by atoms with van der Waals surface area (Å²) in [6, 6.07) is 10.9. The molecule has 0 atom stereocenters. The van der Waals surface area contributed by atoms with E-state index in [0.29, 0.717) is 48.1 Å². The van der Waals surface area contributed by atoms with Crippen molar-refractivity contribution < 1.29 is 23.8 Å². The monoisotopic (exact) mass is 410 g/mol. The van der Waals surface area contributed by atoms with Crippen molar-refractivity contribution in [3.8, 4) is 17.2 Å². The number of carbonyl (C=O) groups is 2. The molecule has 1 heterocycles. The van der Waals surface area contributed by atoms with Gasteiger partial charge >= 0.3 is 0 Å². The predicted octanol–water partition coefficient (Wildman–Crippen LogP) is 4.25. The highest BCUT2D eigenvalue weighted by Crippen LogP contribution is 2.37. The zero-order valence-corrected chi connectivity index (χ0v) is 17.4. The Morgan fingerprint density at radius 2 is 1.60 bits per heavy atom. The molecule has 2 amide bonds. The van der Waals surface area contributed by atoms with Gasteiger partial charge in [0.1, 0.15) is 23.9 Å². The Hall–Kier alpha value is -3.48. The molecule has 1 aliphatic heterocycles. The van der Waals surface area contributed by atoms with Crippen LogP contribution in [0.1, 0.15) is 32.8 Å². The summed E-state index contributed by atoms with van der Waals surface area (Å²) >= 11 is 0. The zero-order chi connectivity index (χ0) is 21.5. The first-order valence-electron chi connectivity index (χ1n) is 10.0. The number of rotatable bonds is 8. The molecule has 0 aromatic heterocycles. The fourth-order valence-corrected chi connectivity index (χ4v) is 2.99. The van der Waals surface area contributed by atoms with E-state index in [9.17, 15) is 9.59 Å². The van der Waals surface area contributed by atoms with E-state index in [1.807, 2.05) is 44.2 Å². The molecule has 0 bridgehead atoms. The summed E-state index contributed by atoms with van der Waals surface area (Å²) in [5.74, 6) is 1.21. The summed E-state index contributed by atoms with van der Waals surface area (Å²) < 4.78 is 17.0. The number of ether oxygens (including phenoxy) is 3. The molecular formula is C23H26N2O5. The van der Waals surface area contributed by atoms with E-state index in [4.69, 9.17) is 14.2 Å². The molecule has 0 fully saturated rings. The maximum absolute atomic E-state index is 12.9. The van der Waals surface area contributed by atoms with E-state index < -0.39 is 0 Å². The molecule has 3 rings (SSSR count). The highest BCUT2D eigenvalue weighted by Gasteiger charge is 2.20. The van der Waals surface area contributed by atoms with Gasteiger partial charge in [-0.2, -0.15) is 0 Å². The van der Waals surface area contributed by atoms with E-state index in [1.165, 1.54) is 0 Å². The molecule has 1 aliphatic rings. The van der Waals surface area contributed by atoms with Gasteiger partial charge in [0.2, 0.25) is 5.91 Å². The van der Waals surface area contributed by atoms with E-state index >= 15 is 0 Å². The highest BCUT2D eigenvalue weighted by atomic mass is 16.5. The van der Waals surface area contributed by atoms with Gasteiger partial charge in [-0.15, -0.1) is 0 Å². The normalized spacial score (nSPS) is 12.2. The minimum Gasteiger partial charge on any atom is -0.492 e. The van der Waals surface area contributed by atoms with E-state index in [2.05, 4.69) is 10.6 Å². The van der Waals surface area contributed by atoms with Crippen molar-refractivity contribution in [2.24, 2.45) is 0 Å². The molecule has 0 radical (unpaired) electrons. The first-order valence-corrected chi connectivity index (χ1v) is 10.0. The summed E-state index contributed by atoms with van der Waals surface area (Å²) in [5.41, 5.74) is 2.31. The van der Waals surface area contributed by atoms with Crippen LogP contribution in [-0.2, 0) is 9.59 Å². The van der Waals surface area contributed by atoms with Crippen LogP contribution >= 0.6 is 0 Å². The average Bonchev–Trinajstić information content (AvgIpc) is 2.76. The summed E-state index contributed by atoms with van der Waals surface area (Å²) in [4.78, 5) is 24.8. The van der Waals surface area contributed by atoms with Gasteiger partial charge in [-0.25, -0.2) is 0 Å². The highest BCUT2D eigenvalue weighted by molar-refractivity contribution is 6.08. The van der Waals surface area contributed by atoms with Crippen LogP contribution < -0.4 is 24.8 Å². The largest absolute Gasteiger partial charge is 0.492 e. The Bertz CT molecular complexity index is 968. The van der Waals surface area contributed by atoms with Crippen molar-refractivity contribution in [2.45, 2.75) is 27.2 Å². The van der Waals surface area contributed by atoms with Crippen LogP contribution in [0.15, 0.2) is 42.0 Å². The molecule has 2 aromatic rings. The van der Waals surface area contributed by atoms with Crippen molar-refractivity contribution in [3.63, 3.8) is 0 Å². The van der Waals surface area contributed by atoms with Crippen molar-refractivity contribution in [2.75, 3.05) is 30.5 Å². The lowest BCUT2D eigenvalue weighted by Gasteiger charge is -2.20. The number of anilines is 2. The van der Waals surface area contributed by atoms with Crippen molar-refractivity contribution in [1.29, 1.82) is 0 Å². The Kier molecular flexibility index (Phi) is 6.95. The van der Waals surface area contributed by atoms with Crippen molar-refractivity contribution in [3.05, 3.63) is 47.5 Å². The molecule has 2 aromatic carbocycles. The van der Waals surface area contributed by atoms with E-state index in [-0.39, 0.29) is 18.4 Å². The summed E-state index contributed by atoms with van der Waals surface area (Å²) in [6.07, 6.45) is 2.15. The van der Waals surface area contributed by atoms with Crippen molar-refractivity contribution in [1.82, 2.24) is 0 Å². The molecule has 30 heavy (non-hydrogen) atoms.